The molecule has 0 amide bonds. The predicted octanol–water partition coefficient (Wildman–Crippen LogP) is 2.92. The van der Waals surface area contributed by atoms with Crippen LogP contribution < -0.4 is 0 Å². The van der Waals surface area contributed by atoms with Gasteiger partial charge in [0.1, 0.15) is 0 Å². The van der Waals surface area contributed by atoms with Gasteiger partial charge in [-0.2, -0.15) is 0 Å². The van der Waals surface area contributed by atoms with Gasteiger partial charge in [-0.15, -0.1) is 0 Å². The summed E-state index contributed by atoms with van der Waals surface area (Å²) >= 11 is 0. The van der Waals surface area contributed by atoms with Gasteiger partial charge >= 0.3 is 0 Å². The molecule has 0 aliphatic rings. The minimum atomic E-state index is -0.488. The second kappa shape index (κ2) is 5.72. The maximum absolute atomic E-state index is 10.2. The van der Waals surface area contributed by atoms with Crippen LogP contribution in [-0.2, 0) is 6.42 Å². The Labute approximate surface area is 105 Å². The van der Waals surface area contributed by atoms with Crippen LogP contribution >= 0.6 is 0 Å². The smallest absolute Gasteiger partial charge is 0.235 e. The maximum atomic E-state index is 10.2. The Morgan fingerprint density at radius 2 is 1.94 bits per heavy atom. The molecule has 4 heteroatoms. The van der Waals surface area contributed by atoms with Crippen LogP contribution in [0, 0.1) is 10.1 Å². The molecule has 0 bridgehead atoms. The summed E-state index contributed by atoms with van der Waals surface area (Å²) in [6, 6.07) is 13.7. The van der Waals surface area contributed by atoms with E-state index in [2.05, 4.69) is 4.98 Å². The first-order valence-electron chi connectivity index (χ1n) is 5.54. The van der Waals surface area contributed by atoms with Crippen LogP contribution in [0.4, 0.5) is 0 Å². The molecule has 90 valence electrons. The van der Waals surface area contributed by atoms with Gasteiger partial charge in [0.2, 0.25) is 6.20 Å². The summed E-state index contributed by atoms with van der Waals surface area (Å²) in [4.78, 5) is 14.0. The molecule has 0 saturated heterocycles. The Morgan fingerprint density at radius 1 is 1.17 bits per heavy atom. The molecule has 0 fully saturated rings. The highest BCUT2D eigenvalue weighted by molar-refractivity contribution is 5.46. The van der Waals surface area contributed by atoms with Crippen molar-refractivity contribution in [3.05, 3.63) is 81.8 Å². The van der Waals surface area contributed by atoms with E-state index < -0.39 is 4.92 Å². The van der Waals surface area contributed by atoms with Crippen molar-refractivity contribution in [2.24, 2.45) is 0 Å². The van der Waals surface area contributed by atoms with Gasteiger partial charge in [-0.25, -0.2) is 0 Å². The molecule has 2 aromatic rings. The van der Waals surface area contributed by atoms with Gasteiger partial charge in [0.15, 0.2) is 0 Å². The largest absolute Gasteiger partial charge is 0.260 e. The lowest BCUT2D eigenvalue weighted by molar-refractivity contribution is -0.400. The average Bonchev–Trinajstić information content (AvgIpc) is 2.39. The molecule has 0 spiro atoms. The highest BCUT2D eigenvalue weighted by Crippen LogP contribution is 2.08. The Balaban J connectivity index is 2.06. The number of hydrogen-bond donors (Lipinski definition) is 0. The van der Waals surface area contributed by atoms with Gasteiger partial charge in [0.25, 0.3) is 0 Å². The van der Waals surface area contributed by atoms with Crippen molar-refractivity contribution in [2.45, 2.75) is 6.42 Å². The third-order valence-corrected chi connectivity index (χ3v) is 2.46. The van der Waals surface area contributed by atoms with Crippen molar-refractivity contribution in [3.63, 3.8) is 0 Å². The zero-order valence-electron chi connectivity index (χ0n) is 9.69. The summed E-state index contributed by atoms with van der Waals surface area (Å²) < 4.78 is 0. The van der Waals surface area contributed by atoms with E-state index in [1.807, 2.05) is 42.5 Å². The zero-order valence-corrected chi connectivity index (χ0v) is 9.69. The van der Waals surface area contributed by atoms with E-state index in [1.54, 1.807) is 6.20 Å². The van der Waals surface area contributed by atoms with Gasteiger partial charge in [-0.3, -0.25) is 15.1 Å². The highest BCUT2D eigenvalue weighted by atomic mass is 16.6. The Hall–Kier alpha value is -2.49. The Kier molecular flexibility index (Phi) is 3.81. The van der Waals surface area contributed by atoms with Crippen LogP contribution in [-0.4, -0.2) is 9.91 Å². The second-order valence-corrected chi connectivity index (χ2v) is 3.85. The highest BCUT2D eigenvalue weighted by Gasteiger charge is 1.97. The molecule has 1 heterocycles. The normalized spacial score (nSPS) is 10.7. The summed E-state index contributed by atoms with van der Waals surface area (Å²) in [5, 5.41) is 10.2. The Morgan fingerprint density at radius 3 is 2.56 bits per heavy atom. The lowest BCUT2D eigenvalue weighted by Crippen LogP contribution is -1.92. The summed E-state index contributed by atoms with van der Waals surface area (Å²) in [6.07, 6.45) is 4.74. The number of aromatic nitrogens is 1. The van der Waals surface area contributed by atoms with Gasteiger partial charge in [0, 0.05) is 24.4 Å². The first-order valence-corrected chi connectivity index (χ1v) is 5.54. The summed E-state index contributed by atoms with van der Waals surface area (Å²) in [5.41, 5.74) is 2.86. The van der Waals surface area contributed by atoms with Crippen molar-refractivity contribution in [3.8, 4) is 0 Å². The van der Waals surface area contributed by atoms with Crippen LogP contribution in [0.3, 0.4) is 0 Å². The quantitative estimate of drug-likeness (QED) is 0.610. The fourth-order valence-electron chi connectivity index (χ4n) is 1.59. The summed E-state index contributed by atoms with van der Waals surface area (Å²) in [7, 11) is 0. The standard InChI is InChI=1S/C14H12N2O2/c17-16(18)9-8-13-6-7-14(15-11-13)10-12-4-2-1-3-5-12/h1-9,11H,10H2/b9-8+. The monoisotopic (exact) mass is 240 g/mol. The van der Waals surface area contributed by atoms with Crippen LogP contribution in [0.5, 0.6) is 0 Å². The molecule has 0 saturated carbocycles. The number of benzene rings is 1. The predicted molar refractivity (Wildman–Crippen MR) is 69.5 cm³/mol. The van der Waals surface area contributed by atoms with Gasteiger partial charge in [-0.1, -0.05) is 36.4 Å². The molecule has 0 radical (unpaired) electrons. The van der Waals surface area contributed by atoms with Gasteiger partial charge < -0.3 is 0 Å². The molecule has 0 atom stereocenters. The third kappa shape index (κ3) is 3.52. The van der Waals surface area contributed by atoms with Crippen molar-refractivity contribution in [1.82, 2.24) is 4.98 Å². The zero-order chi connectivity index (χ0) is 12.8. The number of nitro groups is 1. The number of rotatable bonds is 4. The molecule has 0 aliphatic heterocycles. The third-order valence-electron chi connectivity index (χ3n) is 2.46. The molecule has 0 unspecified atom stereocenters. The molecule has 1 aromatic heterocycles. The first kappa shape index (κ1) is 12.0. The number of nitrogens with zero attached hydrogens (tertiary/aromatic N) is 2. The number of pyridine rings is 1. The Bertz CT molecular complexity index is 548. The molecule has 0 aliphatic carbocycles. The molecule has 1 aromatic carbocycles. The average molecular weight is 240 g/mol. The molecule has 18 heavy (non-hydrogen) atoms. The van der Waals surface area contributed by atoms with Crippen molar-refractivity contribution in [1.29, 1.82) is 0 Å². The first-order chi connectivity index (χ1) is 8.74. The molecular formula is C14H12N2O2. The minimum Gasteiger partial charge on any atom is -0.260 e. The molecular weight excluding hydrogens is 228 g/mol. The maximum Gasteiger partial charge on any atom is 0.235 e. The van der Waals surface area contributed by atoms with E-state index in [-0.39, 0.29) is 0 Å². The summed E-state index contributed by atoms with van der Waals surface area (Å²) in [6.45, 7) is 0. The lowest BCUT2D eigenvalue weighted by Gasteiger charge is -2.01. The fourth-order valence-corrected chi connectivity index (χ4v) is 1.59. The molecule has 4 nitrogen and oxygen atoms in total. The number of hydrogen-bond acceptors (Lipinski definition) is 3. The lowest BCUT2D eigenvalue weighted by atomic mass is 10.1. The van der Waals surface area contributed by atoms with Crippen LogP contribution in [0.15, 0.2) is 54.9 Å². The second-order valence-electron chi connectivity index (χ2n) is 3.85. The van der Waals surface area contributed by atoms with Crippen LogP contribution in [0.1, 0.15) is 16.8 Å². The molecule has 2 rings (SSSR count). The molecule has 0 N–H and O–H groups in total. The SMILES string of the molecule is O=[N+]([O-])/C=C/c1ccc(Cc2ccccc2)nc1. The summed E-state index contributed by atoms with van der Waals surface area (Å²) in [5.74, 6) is 0. The van der Waals surface area contributed by atoms with Crippen molar-refractivity contribution >= 4 is 6.08 Å². The minimum absolute atomic E-state index is 0.488. The van der Waals surface area contributed by atoms with E-state index in [4.69, 9.17) is 0 Å². The van der Waals surface area contributed by atoms with Gasteiger partial charge in [-0.05, 0) is 17.2 Å². The van der Waals surface area contributed by atoms with E-state index in [0.717, 1.165) is 23.9 Å². The topological polar surface area (TPSA) is 56.0 Å². The van der Waals surface area contributed by atoms with Crippen LogP contribution in [0.25, 0.3) is 6.08 Å². The van der Waals surface area contributed by atoms with Crippen LogP contribution in [0.2, 0.25) is 0 Å². The van der Waals surface area contributed by atoms with E-state index in [9.17, 15) is 10.1 Å². The van der Waals surface area contributed by atoms with Gasteiger partial charge in [0.05, 0.1) is 4.92 Å². The van der Waals surface area contributed by atoms with E-state index in [0.29, 0.717) is 0 Å². The van der Waals surface area contributed by atoms with Crippen molar-refractivity contribution in [2.75, 3.05) is 0 Å². The van der Waals surface area contributed by atoms with E-state index in [1.165, 1.54) is 11.6 Å². The fraction of sp³-hybridized carbons (Fsp3) is 0.0714. The van der Waals surface area contributed by atoms with E-state index >= 15 is 0 Å². The van der Waals surface area contributed by atoms with Crippen molar-refractivity contribution < 1.29 is 4.92 Å².